The topological polar surface area (TPSA) is 108 Å². The average Bonchev–Trinajstić information content (AvgIpc) is 2.57. The van der Waals surface area contributed by atoms with Crippen molar-refractivity contribution in [1.29, 1.82) is 0 Å². The van der Waals surface area contributed by atoms with Crippen molar-refractivity contribution in [3.8, 4) is 0 Å². The van der Waals surface area contributed by atoms with Gasteiger partial charge in [0, 0.05) is 6.20 Å². The Bertz CT molecular complexity index is 174. The molecule has 8 heteroatoms. The molecule has 0 saturated heterocycles. The summed E-state index contributed by atoms with van der Waals surface area (Å²) in [4.78, 5) is 0. The van der Waals surface area contributed by atoms with Gasteiger partial charge in [0.05, 0.1) is 6.20 Å². The maximum atomic E-state index is 5.11. The van der Waals surface area contributed by atoms with E-state index in [2.05, 4.69) is 31.6 Å². The number of nitrogens with two attached hydrogens (primary N) is 1. The highest BCUT2D eigenvalue weighted by molar-refractivity contribution is 4.78. The van der Waals surface area contributed by atoms with Crippen LogP contribution in [0.15, 0.2) is 18.7 Å². The molecular formula is C3H8N8. The number of rotatable bonds is 0. The van der Waals surface area contributed by atoms with Crippen molar-refractivity contribution >= 4 is 0 Å². The number of tetrazole rings is 1. The molecule has 0 atom stereocenters. The summed E-state index contributed by atoms with van der Waals surface area (Å²) in [6, 6.07) is 0. The SMILES string of the molecule is NN1C=CNN1.c1nn[nH]n1. The standard InChI is InChI=1S/C2H6N4.CH2N4/c3-6-2-1-4-5-6;1-2-4-5-3-1/h1-2,4-5H,3H2;1H,(H,2,3,4,5). The van der Waals surface area contributed by atoms with Crippen LogP contribution in [-0.2, 0) is 0 Å². The highest BCUT2D eigenvalue weighted by Gasteiger charge is 1.89. The molecule has 0 radical (unpaired) electrons. The Morgan fingerprint density at radius 3 is 2.55 bits per heavy atom. The molecule has 2 rings (SSSR count). The first-order valence-corrected chi connectivity index (χ1v) is 2.78. The summed E-state index contributed by atoms with van der Waals surface area (Å²) in [5, 5.41) is 13.5. The predicted molar refractivity (Wildman–Crippen MR) is 35.6 cm³/mol. The molecule has 1 aliphatic heterocycles. The van der Waals surface area contributed by atoms with E-state index >= 15 is 0 Å². The number of nitrogens with one attached hydrogen (secondary N) is 3. The number of H-pyrrole nitrogens is 1. The van der Waals surface area contributed by atoms with Crippen LogP contribution in [0.4, 0.5) is 0 Å². The summed E-state index contributed by atoms with van der Waals surface area (Å²) in [5.74, 6) is 5.11. The minimum atomic E-state index is 1.32. The Hall–Kier alpha value is -1.67. The van der Waals surface area contributed by atoms with Gasteiger partial charge in [-0.3, -0.25) is 0 Å². The van der Waals surface area contributed by atoms with Crippen LogP contribution in [0, 0.1) is 0 Å². The first-order chi connectivity index (χ1) is 5.39. The fraction of sp³-hybridized carbons (Fsp3) is 0. The third-order valence-electron chi connectivity index (χ3n) is 0.782. The van der Waals surface area contributed by atoms with Crippen molar-refractivity contribution in [2.24, 2.45) is 5.84 Å². The number of aromatic nitrogens is 4. The van der Waals surface area contributed by atoms with E-state index in [4.69, 9.17) is 5.84 Å². The van der Waals surface area contributed by atoms with E-state index in [-0.39, 0.29) is 0 Å². The minimum Gasteiger partial charge on any atom is -0.308 e. The van der Waals surface area contributed by atoms with Crippen LogP contribution in [0.1, 0.15) is 0 Å². The summed E-state index contributed by atoms with van der Waals surface area (Å²) in [5.41, 5.74) is 5.21. The van der Waals surface area contributed by atoms with Crippen LogP contribution in [0.25, 0.3) is 0 Å². The highest BCUT2D eigenvalue weighted by Crippen LogP contribution is 1.73. The first kappa shape index (κ1) is 7.44. The van der Waals surface area contributed by atoms with Crippen LogP contribution < -0.4 is 16.8 Å². The fourth-order valence-corrected chi connectivity index (χ4v) is 0.396. The molecule has 0 unspecified atom stereocenters. The quantitative estimate of drug-likeness (QED) is 0.317. The van der Waals surface area contributed by atoms with E-state index in [9.17, 15) is 0 Å². The van der Waals surface area contributed by atoms with E-state index in [1.807, 2.05) is 0 Å². The molecule has 1 aliphatic rings. The van der Waals surface area contributed by atoms with E-state index in [1.165, 1.54) is 11.4 Å². The lowest BCUT2D eigenvalue weighted by Crippen LogP contribution is -2.40. The summed E-state index contributed by atoms with van der Waals surface area (Å²) in [7, 11) is 0. The maximum absolute atomic E-state index is 5.11. The second-order valence-electron chi connectivity index (χ2n) is 1.54. The molecule has 0 amide bonds. The van der Waals surface area contributed by atoms with Crippen molar-refractivity contribution in [3.05, 3.63) is 18.7 Å². The van der Waals surface area contributed by atoms with E-state index in [1.54, 1.807) is 12.4 Å². The highest BCUT2D eigenvalue weighted by atomic mass is 15.8. The van der Waals surface area contributed by atoms with Gasteiger partial charge in [-0.25, -0.2) is 11.0 Å². The van der Waals surface area contributed by atoms with E-state index in [0.717, 1.165) is 0 Å². The monoisotopic (exact) mass is 156 g/mol. The Labute approximate surface area is 62.4 Å². The lowest BCUT2D eigenvalue weighted by molar-refractivity contribution is 0.281. The molecule has 11 heavy (non-hydrogen) atoms. The Balaban J connectivity index is 0.000000112. The molecule has 2 heterocycles. The number of aromatic amines is 1. The lowest BCUT2D eigenvalue weighted by atomic mass is 11.0. The Kier molecular flexibility index (Phi) is 2.84. The third kappa shape index (κ3) is 3.13. The van der Waals surface area contributed by atoms with Gasteiger partial charge in [-0.05, 0) is 0 Å². The number of nitrogens with zero attached hydrogens (tertiary/aromatic N) is 4. The molecule has 0 aromatic carbocycles. The third-order valence-corrected chi connectivity index (χ3v) is 0.782. The van der Waals surface area contributed by atoms with Gasteiger partial charge < -0.3 is 5.43 Å². The zero-order valence-corrected chi connectivity index (χ0v) is 5.60. The number of hydrazine groups is 3. The first-order valence-electron chi connectivity index (χ1n) is 2.78. The predicted octanol–water partition coefficient (Wildman–Crippen LogP) is -2.14. The van der Waals surface area contributed by atoms with E-state index < -0.39 is 0 Å². The second-order valence-corrected chi connectivity index (χ2v) is 1.54. The molecule has 0 spiro atoms. The van der Waals surface area contributed by atoms with Gasteiger partial charge in [0.1, 0.15) is 0 Å². The van der Waals surface area contributed by atoms with Gasteiger partial charge in [0.15, 0.2) is 6.33 Å². The average molecular weight is 156 g/mol. The smallest absolute Gasteiger partial charge is 0.161 e. The van der Waals surface area contributed by atoms with Crippen molar-refractivity contribution in [1.82, 2.24) is 36.7 Å². The van der Waals surface area contributed by atoms with Gasteiger partial charge in [0.25, 0.3) is 0 Å². The zero-order chi connectivity index (χ0) is 7.94. The Morgan fingerprint density at radius 2 is 2.36 bits per heavy atom. The van der Waals surface area contributed by atoms with E-state index in [0.29, 0.717) is 0 Å². The molecule has 60 valence electrons. The molecule has 0 fully saturated rings. The van der Waals surface area contributed by atoms with Crippen LogP contribution in [-0.4, -0.2) is 25.7 Å². The van der Waals surface area contributed by atoms with Crippen LogP contribution in [0.2, 0.25) is 0 Å². The maximum Gasteiger partial charge on any atom is 0.161 e. The molecule has 0 saturated carbocycles. The van der Waals surface area contributed by atoms with Gasteiger partial charge in [-0.2, -0.15) is 5.21 Å². The van der Waals surface area contributed by atoms with Crippen molar-refractivity contribution < 1.29 is 0 Å². The molecule has 1 aromatic rings. The van der Waals surface area contributed by atoms with Gasteiger partial charge in [-0.15, -0.1) is 15.7 Å². The molecule has 0 aliphatic carbocycles. The largest absolute Gasteiger partial charge is 0.308 e. The van der Waals surface area contributed by atoms with Gasteiger partial charge >= 0.3 is 0 Å². The lowest BCUT2D eigenvalue weighted by Gasteiger charge is -2.03. The summed E-state index contributed by atoms with van der Waals surface area (Å²) >= 11 is 0. The van der Waals surface area contributed by atoms with Gasteiger partial charge in [-0.1, -0.05) is 5.21 Å². The summed E-state index contributed by atoms with van der Waals surface area (Å²) < 4.78 is 0. The summed E-state index contributed by atoms with van der Waals surface area (Å²) in [6.07, 6.45) is 4.69. The fourth-order valence-electron chi connectivity index (χ4n) is 0.396. The molecule has 0 bridgehead atoms. The van der Waals surface area contributed by atoms with Gasteiger partial charge in [0.2, 0.25) is 0 Å². The summed E-state index contributed by atoms with van der Waals surface area (Å²) in [6.45, 7) is 0. The normalized spacial score (nSPS) is 13.7. The Morgan fingerprint density at radius 1 is 1.45 bits per heavy atom. The molecule has 8 nitrogen and oxygen atoms in total. The molecule has 1 aromatic heterocycles. The zero-order valence-electron chi connectivity index (χ0n) is 5.60. The van der Waals surface area contributed by atoms with Crippen molar-refractivity contribution in [2.45, 2.75) is 0 Å². The number of hydrogen-bond donors (Lipinski definition) is 4. The van der Waals surface area contributed by atoms with Crippen LogP contribution >= 0.6 is 0 Å². The minimum absolute atomic E-state index is 1.32. The van der Waals surface area contributed by atoms with Crippen molar-refractivity contribution in [3.63, 3.8) is 0 Å². The molecular weight excluding hydrogens is 148 g/mol. The van der Waals surface area contributed by atoms with Crippen LogP contribution in [0.5, 0.6) is 0 Å². The van der Waals surface area contributed by atoms with Crippen molar-refractivity contribution in [2.75, 3.05) is 0 Å². The molecule has 5 N–H and O–H groups in total. The second kappa shape index (κ2) is 4.19. The number of hydrogen-bond acceptors (Lipinski definition) is 7. The van der Waals surface area contributed by atoms with Crippen LogP contribution in [0.3, 0.4) is 0 Å².